The van der Waals surface area contributed by atoms with Crippen molar-refractivity contribution in [2.75, 3.05) is 19.4 Å². The second-order valence-corrected chi connectivity index (χ2v) is 7.58. The molecule has 1 fully saturated rings. The molecule has 4 rings (SSSR count). The molecule has 1 aliphatic rings. The van der Waals surface area contributed by atoms with Crippen LogP contribution in [0.2, 0.25) is 0 Å². The lowest BCUT2D eigenvalue weighted by atomic mass is 9.98. The first-order valence-electron chi connectivity index (χ1n) is 10.0. The van der Waals surface area contributed by atoms with Crippen molar-refractivity contribution >= 4 is 5.95 Å². The number of rotatable bonds is 5. The molecule has 0 bridgehead atoms. The minimum absolute atomic E-state index is 0.00435. The molecule has 0 aliphatic carbocycles. The third-order valence-electron chi connectivity index (χ3n) is 5.58. The monoisotopic (exact) mass is 428 g/mol. The van der Waals surface area contributed by atoms with Crippen molar-refractivity contribution in [1.82, 2.24) is 14.9 Å². The fourth-order valence-corrected chi connectivity index (χ4v) is 4.02. The Morgan fingerprint density at radius 1 is 1.10 bits per heavy atom. The number of halogens is 3. The molecule has 0 radical (unpaired) electrons. The van der Waals surface area contributed by atoms with E-state index in [0.29, 0.717) is 11.1 Å². The molecule has 1 aromatic heterocycles. The second-order valence-electron chi connectivity index (χ2n) is 7.58. The summed E-state index contributed by atoms with van der Waals surface area (Å²) in [5.41, 5.74) is 8.43. The molecule has 0 unspecified atom stereocenters. The van der Waals surface area contributed by atoms with Crippen LogP contribution < -0.4 is 10.5 Å². The van der Waals surface area contributed by atoms with Gasteiger partial charge in [-0.1, -0.05) is 24.3 Å². The molecule has 31 heavy (non-hydrogen) atoms. The van der Waals surface area contributed by atoms with E-state index in [0.717, 1.165) is 55.1 Å². The number of alkyl halides is 3. The van der Waals surface area contributed by atoms with Crippen molar-refractivity contribution in [3.63, 3.8) is 0 Å². The van der Waals surface area contributed by atoms with Gasteiger partial charge in [-0.25, -0.2) is 9.97 Å². The SMILES string of the molecule is COc1ccc(CN2CCC[C@@H]2c2nc(N)ncc2-c2ccc(C(F)(F)F)cc2)cc1. The summed E-state index contributed by atoms with van der Waals surface area (Å²) in [5.74, 6) is 0.955. The van der Waals surface area contributed by atoms with E-state index < -0.39 is 11.7 Å². The molecule has 2 heterocycles. The number of hydrogen-bond acceptors (Lipinski definition) is 5. The zero-order valence-electron chi connectivity index (χ0n) is 17.1. The van der Waals surface area contributed by atoms with Gasteiger partial charge in [0, 0.05) is 18.3 Å². The Bertz CT molecular complexity index is 1040. The third-order valence-corrected chi connectivity index (χ3v) is 5.58. The molecule has 5 nitrogen and oxygen atoms in total. The van der Waals surface area contributed by atoms with Crippen LogP contribution in [0.1, 0.15) is 35.7 Å². The Hall–Kier alpha value is -3.13. The summed E-state index contributed by atoms with van der Waals surface area (Å²) < 4.78 is 44.1. The van der Waals surface area contributed by atoms with Crippen molar-refractivity contribution in [2.24, 2.45) is 0 Å². The highest BCUT2D eigenvalue weighted by molar-refractivity contribution is 5.66. The largest absolute Gasteiger partial charge is 0.497 e. The summed E-state index contributed by atoms with van der Waals surface area (Å²) in [5, 5.41) is 0. The number of anilines is 1. The molecule has 0 saturated carbocycles. The van der Waals surface area contributed by atoms with E-state index in [1.54, 1.807) is 13.3 Å². The number of nitrogens with zero attached hydrogens (tertiary/aromatic N) is 3. The van der Waals surface area contributed by atoms with E-state index >= 15 is 0 Å². The second kappa shape index (κ2) is 8.55. The van der Waals surface area contributed by atoms with E-state index in [2.05, 4.69) is 14.9 Å². The normalized spacial score (nSPS) is 17.1. The van der Waals surface area contributed by atoms with E-state index in [4.69, 9.17) is 10.5 Å². The first kappa shape index (κ1) is 21.1. The Morgan fingerprint density at radius 2 is 1.81 bits per heavy atom. The van der Waals surface area contributed by atoms with Gasteiger partial charge in [0.15, 0.2) is 0 Å². The number of likely N-dealkylation sites (tertiary alicyclic amines) is 1. The molecule has 2 aromatic carbocycles. The van der Waals surface area contributed by atoms with Gasteiger partial charge in [-0.05, 0) is 54.8 Å². The van der Waals surface area contributed by atoms with Crippen molar-refractivity contribution in [2.45, 2.75) is 31.6 Å². The van der Waals surface area contributed by atoms with Gasteiger partial charge >= 0.3 is 6.18 Å². The minimum Gasteiger partial charge on any atom is -0.497 e. The van der Waals surface area contributed by atoms with E-state index in [9.17, 15) is 13.2 Å². The quantitative estimate of drug-likeness (QED) is 0.613. The van der Waals surface area contributed by atoms with Crippen LogP contribution in [-0.2, 0) is 12.7 Å². The highest BCUT2D eigenvalue weighted by Crippen LogP contribution is 2.38. The van der Waals surface area contributed by atoms with Crippen molar-refractivity contribution in [3.05, 3.63) is 71.5 Å². The van der Waals surface area contributed by atoms with Gasteiger partial charge in [0.05, 0.1) is 24.4 Å². The van der Waals surface area contributed by atoms with Crippen molar-refractivity contribution in [3.8, 4) is 16.9 Å². The molecule has 0 amide bonds. The number of benzene rings is 2. The third kappa shape index (κ3) is 4.64. The first-order chi connectivity index (χ1) is 14.8. The predicted octanol–water partition coefficient (Wildman–Crippen LogP) is 5.09. The molecule has 1 atom stereocenters. The molecule has 8 heteroatoms. The Morgan fingerprint density at radius 3 is 2.45 bits per heavy atom. The number of ether oxygens (including phenoxy) is 1. The maximum absolute atomic E-state index is 13.0. The molecule has 3 aromatic rings. The lowest BCUT2D eigenvalue weighted by Crippen LogP contribution is -2.24. The summed E-state index contributed by atoms with van der Waals surface area (Å²) in [6.45, 7) is 1.62. The number of nitrogen functional groups attached to an aromatic ring is 1. The van der Waals surface area contributed by atoms with Gasteiger partial charge in [-0.15, -0.1) is 0 Å². The molecule has 162 valence electrons. The lowest BCUT2D eigenvalue weighted by Gasteiger charge is -2.26. The van der Waals surface area contributed by atoms with Gasteiger partial charge in [0.1, 0.15) is 5.75 Å². The van der Waals surface area contributed by atoms with Crippen molar-refractivity contribution in [1.29, 1.82) is 0 Å². The summed E-state index contributed by atoms with van der Waals surface area (Å²) in [6, 6.07) is 13.0. The van der Waals surface area contributed by atoms with Crippen LogP contribution in [0.15, 0.2) is 54.7 Å². The van der Waals surface area contributed by atoms with Gasteiger partial charge in [-0.3, -0.25) is 4.90 Å². The zero-order chi connectivity index (χ0) is 22.0. The highest BCUT2D eigenvalue weighted by atomic mass is 19.4. The Balaban J connectivity index is 1.64. The van der Waals surface area contributed by atoms with E-state index in [1.807, 2.05) is 24.3 Å². The maximum atomic E-state index is 13.0. The maximum Gasteiger partial charge on any atom is 0.416 e. The van der Waals surface area contributed by atoms with Crippen LogP contribution in [0.4, 0.5) is 19.1 Å². The summed E-state index contributed by atoms with van der Waals surface area (Å²) in [7, 11) is 1.63. The predicted molar refractivity (Wildman–Crippen MR) is 112 cm³/mol. The van der Waals surface area contributed by atoms with Crippen LogP contribution in [0.25, 0.3) is 11.1 Å². The fourth-order valence-electron chi connectivity index (χ4n) is 4.02. The lowest BCUT2D eigenvalue weighted by molar-refractivity contribution is -0.137. The first-order valence-corrected chi connectivity index (χ1v) is 10.0. The standard InChI is InChI=1S/C23H23F3N4O/c1-31-18-10-4-15(5-11-18)14-30-12-2-3-20(30)21-19(13-28-22(27)29-21)16-6-8-17(9-7-16)23(24,25)26/h4-11,13,20H,2-3,12,14H2,1H3,(H2,27,28,29)/t20-/m1/s1. The molecular formula is C23H23F3N4O. The fraction of sp³-hybridized carbons (Fsp3) is 0.304. The molecular weight excluding hydrogens is 405 g/mol. The van der Waals surface area contributed by atoms with E-state index in [-0.39, 0.29) is 12.0 Å². The number of hydrogen-bond donors (Lipinski definition) is 1. The number of nitrogens with two attached hydrogens (primary N) is 1. The summed E-state index contributed by atoms with van der Waals surface area (Å²) >= 11 is 0. The van der Waals surface area contributed by atoms with Gasteiger partial charge in [0.25, 0.3) is 0 Å². The average molecular weight is 428 g/mol. The van der Waals surface area contributed by atoms with Gasteiger partial charge in [0.2, 0.25) is 5.95 Å². The van der Waals surface area contributed by atoms with Crippen LogP contribution >= 0.6 is 0 Å². The summed E-state index contributed by atoms with van der Waals surface area (Å²) in [6.07, 6.45) is -0.888. The van der Waals surface area contributed by atoms with Crippen LogP contribution in [0, 0.1) is 0 Å². The van der Waals surface area contributed by atoms with Crippen LogP contribution in [0.5, 0.6) is 5.75 Å². The Labute approximate surface area is 178 Å². The molecule has 0 spiro atoms. The zero-order valence-corrected chi connectivity index (χ0v) is 17.1. The molecule has 1 saturated heterocycles. The number of aromatic nitrogens is 2. The highest BCUT2D eigenvalue weighted by Gasteiger charge is 2.32. The topological polar surface area (TPSA) is 64.3 Å². The molecule has 2 N–H and O–H groups in total. The Kier molecular flexibility index (Phi) is 5.82. The van der Waals surface area contributed by atoms with Gasteiger partial charge < -0.3 is 10.5 Å². The summed E-state index contributed by atoms with van der Waals surface area (Å²) in [4.78, 5) is 10.9. The minimum atomic E-state index is -4.38. The van der Waals surface area contributed by atoms with Crippen LogP contribution in [0.3, 0.4) is 0 Å². The average Bonchev–Trinajstić information content (AvgIpc) is 3.22. The van der Waals surface area contributed by atoms with Gasteiger partial charge in [-0.2, -0.15) is 13.2 Å². The smallest absolute Gasteiger partial charge is 0.416 e. The van der Waals surface area contributed by atoms with Crippen LogP contribution in [-0.4, -0.2) is 28.5 Å². The number of methoxy groups -OCH3 is 1. The van der Waals surface area contributed by atoms with E-state index in [1.165, 1.54) is 12.1 Å². The van der Waals surface area contributed by atoms with Crippen molar-refractivity contribution < 1.29 is 17.9 Å². The molecule has 1 aliphatic heterocycles.